The summed E-state index contributed by atoms with van der Waals surface area (Å²) in [6, 6.07) is 0. The summed E-state index contributed by atoms with van der Waals surface area (Å²) in [5.74, 6) is 2.33. The van der Waals surface area contributed by atoms with Crippen LogP contribution in [0.2, 0.25) is 0 Å². The van der Waals surface area contributed by atoms with Gasteiger partial charge in [0, 0.05) is 0 Å². The normalized spacial score (nSPS) is 13.4. The van der Waals surface area contributed by atoms with Gasteiger partial charge >= 0.3 is 0 Å². The highest BCUT2D eigenvalue weighted by Gasteiger charge is 2.15. The monoisotopic (exact) mass is 258 g/mol. The zero-order chi connectivity index (χ0) is 14.4. The summed E-state index contributed by atoms with van der Waals surface area (Å²) < 4.78 is 0. The van der Waals surface area contributed by atoms with Crippen molar-refractivity contribution in [3.05, 3.63) is 11.6 Å². The summed E-state index contributed by atoms with van der Waals surface area (Å²) in [7, 11) is 0. The van der Waals surface area contributed by atoms with E-state index in [0.29, 0.717) is 0 Å². The minimum atomic E-state index is 0. The van der Waals surface area contributed by atoms with Gasteiger partial charge in [-0.3, -0.25) is 0 Å². The van der Waals surface area contributed by atoms with Crippen LogP contribution in [-0.2, 0) is 0 Å². The Kier molecular flexibility index (Phi) is 27.9. The van der Waals surface area contributed by atoms with E-state index in [1.807, 2.05) is 13.8 Å². The van der Waals surface area contributed by atoms with Crippen LogP contribution in [0, 0.1) is 17.8 Å². The Bertz CT molecular complexity index is 151. The van der Waals surface area contributed by atoms with E-state index in [0.717, 1.165) is 17.8 Å². The van der Waals surface area contributed by atoms with Crippen molar-refractivity contribution in [1.29, 1.82) is 0 Å². The fourth-order valence-electron chi connectivity index (χ4n) is 1.25. The SMILES string of the molecule is C.C/C=C(/C)C(C)C(C)C(C)C.CC.CCCC. The van der Waals surface area contributed by atoms with Gasteiger partial charge in [-0.25, -0.2) is 0 Å². The Morgan fingerprint density at radius 3 is 1.44 bits per heavy atom. The Balaban J connectivity index is -0.000000119. The third-order valence-corrected chi connectivity index (χ3v) is 3.51. The first-order valence-electron chi connectivity index (χ1n) is 7.54. The van der Waals surface area contributed by atoms with Crippen LogP contribution in [0.25, 0.3) is 0 Å². The molecule has 0 aromatic rings. The Labute approximate surface area is 119 Å². The molecule has 0 heteroatoms. The Morgan fingerprint density at radius 2 is 1.28 bits per heavy atom. The highest BCUT2D eigenvalue weighted by Crippen LogP contribution is 2.25. The average Bonchev–Trinajstić information content (AvgIpc) is 2.38. The molecule has 0 N–H and O–H groups in total. The first-order valence-corrected chi connectivity index (χ1v) is 7.54. The number of unbranched alkanes of at least 4 members (excludes halogenated alkanes) is 1. The topological polar surface area (TPSA) is 0 Å². The molecule has 0 radical (unpaired) electrons. The summed E-state index contributed by atoms with van der Waals surface area (Å²) in [6.45, 7) is 22.0. The van der Waals surface area contributed by atoms with Crippen LogP contribution in [0.5, 0.6) is 0 Å². The molecule has 0 aliphatic rings. The first kappa shape index (κ1) is 26.3. The van der Waals surface area contributed by atoms with Crippen molar-refractivity contribution in [3.8, 4) is 0 Å². The molecule has 0 spiro atoms. The van der Waals surface area contributed by atoms with Gasteiger partial charge in [-0.1, -0.05) is 87.3 Å². The quantitative estimate of drug-likeness (QED) is 0.462. The second-order valence-electron chi connectivity index (χ2n) is 4.92. The molecule has 0 rings (SSSR count). The van der Waals surface area contributed by atoms with E-state index in [4.69, 9.17) is 0 Å². The predicted octanol–water partition coefficient (Wildman–Crippen LogP) is 7.35. The molecule has 2 unspecified atom stereocenters. The molecule has 2 atom stereocenters. The predicted molar refractivity (Wildman–Crippen MR) is 91.3 cm³/mol. The van der Waals surface area contributed by atoms with Gasteiger partial charge in [-0.15, -0.1) is 0 Å². The van der Waals surface area contributed by atoms with Crippen molar-refractivity contribution in [1.82, 2.24) is 0 Å². The molecule has 0 aromatic heterocycles. The fraction of sp³-hybridized carbons (Fsp3) is 0.889. The lowest BCUT2D eigenvalue weighted by atomic mass is 9.82. The Hall–Kier alpha value is -0.260. The molecule has 0 saturated carbocycles. The minimum Gasteiger partial charge on any atom is -0.0885 e. The molecule has 0 aromatic carbocycles. The summed E-state index contributed by atoms with van der Waals surface area (Å²) in [5.41, 5.74) is 1.52. The zero-order valence-electron chi connectivity index (χ0n) is 14.2. The van der Waals surface area contributed by atoms with E-state index < -0.39 is 0 Å². The molecule has 0 aliphatic heterocycles. The van der Waals surface area contributed by atoms with Gasteiger partial charge in [0.1, 0.15) is 0 Å². The van der Waals surface area contributed by atoms with Gasteiger partial charge < -0.3 is 0 Å². The molecule has 0 saturated heterocycles. The summed E-state index contributed by atoms with van der Waals surface area (Å²) in [4.78, 5) is 0. The van der Waals surface area contributed by atoms with Crippen LogP contribution < -0.4 is 0 Å². The highest BCUT2D eigenvalue weighted by molar-refractivity contribution is 5.01. The molecule has 0 aliphatic carbocycles. The number of hydrogen-bond acceptors (Lipinski definition) is 0. The molecule has 0 nitrogen and oxygen atoms in total. The molecule has 0 amide bonds. The smallest absolute Gasteiger partial charge is 0.0206 e. The van der Waals surface area contributed by atoms with Crippen molar-refractivity contribution < 1.29 is 0 Å². The van der Waals surface area contributed by atoms with E-state index in [9.17, 15) is 0 Å². The second-order valence-corrected chi connectivity index (χ2v) is 4.92. The summed E-state index contributed by atoms with van der Waals surface area (Å²) in [6.07, 6.45) is 4.86. The molecule has 0 fully saturated rings. The molecular weight excluding hydrogens is 216 g/mol. The van der Waals surface area contributed by atoms with Crippen LogP contribution >= 0.6 is 0 Å². The number of allylic oxidation sites excluding steroid dienone is 2. The second kappa shape index (κ2) is 19.1. The fourth-order valence-corrected chi connectivity index (χ4v) is 1.25. The average molecular weight is 259 g/mol. The maximum Gasteiger partial charge on any atom is -0.0206 e. The van der Waals surface area contributed by atoms with E-state index >= 15 is 0 Å². The van der Waals surface area contributed by atoms with Crippen LogP contribution in [0.4, 0.5) is 0 Å². The summed E-state index contributed by atoms with van der Waals surface area (Å²) in [5, 5.41) is 0. The van der Waals surface area contributed by atoms with Crippen molar-refractivity contribution >= 4 is 0 Å². The summed E-state index contributed by atoms with van der Waals surface area (Å²) >= 11 is 0. The van der Waals surface area contributed by atoms with Crippen LogP contribution in [-0.4, -0.2) is 0 Å². The van der Waals surface area contributed by atoms with Crippen LogP contribution in [0.1, 0.15) is 89.5 Å². The number of hydrogen-bond donors (Lipinski definition) is 0. The lowest BCUT2D eigenvalue weighted by Crippen LogP contribution is -2.14. The zero-order valence-corrected chi connectivity index (χ0v) is 14.2. The minimum absolute atomic E-state index is 0. The van der Waals surface area contributed by atoms with Crippen molar-refractivity contribution in [2.45, 2.75) is 89.5 Å². The Morgan fingerprint density at radius 1 is 0.944 bits per heavy atom. The van der Waals surface area contributed by atoms with Crippen LogP contribution in [0.15, 0.2) is 11.6 Å². The number of rotatable bonds is 4. The van der Waals surface area contributed by atoms with Crippen molar-refractivity contribution in [2.75, 3.05) is 0 Å². The third kappa shape index (κ3) is 15.7. The molecule has 0 heterocycles. The maximum absolute atomic E-state index is 2.34. The first-order chi connectivity index (χ1) is 7.92. The van der Waals surface area contributed by atoms with E-state index in [1.165, 1.54) is 18.4 Å². The molecule has 114 valence electrons. The van der Waals surface area contributed by atoms with Gasteiger partial charge in [0.2, 0.25) is 0 Å². The largest absolute Gasteiger partial charge is 0.0885 e. The standard InChI is InChI=1S/C11H22.C4H10.C2H6.CH4/c1-7-9(4)11(6)10(5)8(2)3;1-3-4-2;1-2;/h7-8,10-11H,1-6H3;3-4H2,1-2H3;1-2H3;1H4/b9-7-;;;. The van der Waals surface area contributed by atoms with Gasteiger partial charge in [0.25, 0.3) is 0 Å². The lowest BCUT2D eigenvalue weighted by molar-refractivity contribution is 0.330. The van der Waals surface area contributed by atoms with Gasteiger partial charge in [-0.2, -0.15) is 0 Å². The van der Waals surface area contributed by atoms with Gasteiger partial charge in [0.15, 0.2) is 0 Å². The molecule has 18 heavy (non-hydrogen) atoms. The molecular formula is C18H42. The van der Waals surface area contributed by atoms with Gasteiger partial charge in [-0.05, 0) is 31.6 Å². The van der Waals surface area contributed by atoms with Gasteiger partial charge in [0.05, 0.1) is 0 Å². The molecule has 0 bridgehead atoms. The maximum atomic E-state index is 2.34. The van der Waals surface area contributed by atoms with E-state index in [2.05, 4.69) is 61.5 Å². The third-order valence-electron chi connectivity index (χ3n) is 3.51. The lowest BCUT2D eigenvalue weighted by Gasteiger charge is -2.24. The highest BCUT2D eigenvalue weighted by atomic mass is 14.2. The van der Waals surface area contributed by atoms with E-state index in [1.54, 1.807) is 0 Å². The van der Waals surface area contributed by atoms with E-state index in [-0.39, 0.29) is 7.43 Å². The van der Waals surface area contributed by atoms with Crippen molar-refractivity contribution in [3.63, 3.8) is 0 Å². The van der Waals surface area contributed by atoms with Crippen molar-refractivity contribution in [2.24, 2.45) is 17.8 Å². The van der Waals surface area contributed by atoms with Crippen LogP contribution in [0.3, 0.4) is 0 Å².